The second-order valence-corrected chi connectivity index (χ2v) is 4.74. The number of hydrogen-bond donors (Lipinski definition) is 2. The van der Waals surface area contributed by atoms with E-state index >= 15 is 0 Å². The van der Waals surface area contributed by atoms with Crippen LogP contribution in [0, 0.1) is 5.82 Å². The van der Waals surface area contributed by atoms with Gasteiger partial charge in [0.05, 0.1) is 13.2 Å². The van der Waals surface area contributed by atoms with Crippen molar-refractivity contribution in [1.82, 2.24) is 10.6 Å². The smallest absolute Gasteiger partial charge is 0.236 e. The SMILES string of the molecule is CNC(=O)C1CC(c2ccc(OC)c(F)c2)CCN1. The van der Waals surface area contributed by atoms with Gasteiger partial charge < -0.3 is 15.4 Å². The third-order valence-corrected chi connectivity index (χ3v) is 3.61. The Balaban J connectivity index is 2.13. The van der Waals surface area contributed by atoms with E-state index in [2.05, 4.69) is 10.6 Å². The van der Waals surface area contributed by atoms with Crippen molar-refractivity contribution in [1.29, 1.82) is 0 Å². The van der Waals surface area contributed by atoms with Crippen molar-refractivity contribution in [3.05, 3.63) is 29.6 Å². The number of nitrogens with one attached hydrogen (secondary N) is 2. The molecule has 104 valence electrons. The monoisotopic (exact) mass is 266 g/mol. The molecule has 4 nitrogen and oxygen atoms in total. The highest BCUT2D eigenvalue weighted by atomic mass is 19.1. The third kappa shape index (κ3) is 3.04. The molecule has 1 amide bonds. The summed E-state index contributed by atoms with van der Waals surface area (Å²) >= 11 is 0. The van der Waals surface area contributed by atoms with Crippen LogP contribution in [0.5, 0.6) is 5.75 Å². The van der Waals surface area contributed by atoms with Crippen molar-refractivity contribution in [2.45, 2.75) is 24.8 Å². The van der Waals surface area contributed by atoms with Crippen molar-refractivity contribution in [2.24, 2.45) is 0 Å². The molecule has 0 bridgehead atoms. The molecule has 1 aromatic rings. The quantitative estimate of drug-likeness (QED) is 0.870. The zero-order valence-electron chi connectivity index (χ0n) is 11.2. The van der Waals surface area contributed by atoms with Gasteiger partial charge >= 0.3 is 0 Å². The number of likely N-dealkylation sites (N-methyl/N-ethyl adjacent to an activating group) is 1. The Kier molecular flexibility index (Phi) is 4.37. The molecule has 1 aromatic carbocycles. The van der Waals surface area contributed by atoms with Crippen molar-refractivity contribution >= 4 is 5.91 Å². The molecule has 1 heterocycles. The lowest BCUT2D eigenvalue weighted by molar-refractivity contribution is -0.123. The molecule has 0 radical (unpaired) electrons. The van der Waals surface area contributed by atoms with Crippen LogP contribution in [0.1, 0.15) is 24.3 Å². The van der Waals surface area contributed by atoms with Gasteiger partial charge in [0, 0.05) is 7.05 Å². The minimum atomic E-state index is -0.352. The van der Waals surface area contributed by atoms with Crippen molar-refractivity contribution < 1.29 is 13.9 Å². The normalized spacial score (nSPS) is 22.9. The summed E-state index contributed by atoms with van der Waals surface area (Å²) in [5.74, 6) is 0.0817. The lowest BCUT2D eigenvalue weighted by Crippen LogP contribution is -2.47. The molecule has 19 heavy (non-hydrogen) atoms. The average Bonchev–Trinajstić information content (AvgIpc) is 2.46. The number of hydrogen-bond acceptors (Lipinski definition) is 3. The van der Waals surface area contributed by atoms with Crippen LogP contribution in [0.3, 0.4) is 0 Å². The molecule has 2 atom stereocenters. The fourth-order valence-corrected chi connectivity index (χ4v) is 2.53. The summed E-state index contributed by atoms with van der Waals surface area (Å²) < 4.78 is 18.6. The number of ether oxygens (including phenoxy) is 1. The maximum Gasteiger partial charge on any atom is 0.236 e. The van der Waals surface area contributed by atoms with Gasteiger partial charge in [0.15, 0.2) is 11.6 Å². The molecule has 1 saturated heterocycles. The first-order valence-corrected chi connectivity index (χ1v) is 6.44. The molecule has 5 heteroatoms. The molecule has 1 aliphatic heterocycles. The van der Waals surface area contributed by atoms with E-state index in [-0.39, 0.29) is 29.4 Å². The average molecular weight is 266 g/mol. The lowest BCUT2D eigenvalue weighted by Gasteiger charge is -2.29. The highest BCUT2D eigenvalue weighted by Gasteiger charge is 2.27. The molecule has 2 N–H and O–H groups in total. The Bertz CT molecular complexity index is 465. The van der Waals surface area contributed by atoms with E-state index in [4.69, 9.17) is 4.74 Å². The van der Waals surface area contributed by atoms with Gasteiger partial charge in [0.2, 0.25) is 5.91 Å². The predicted octanol–water partition coefficient (Wildman–Crippen LogP) is 1.42. The van der Waals surface area contributed by atoms with E-state index in [1.165, 1.54) is 13.2 Å². The number of methoxy groups -OCH3 is 1. The molecular formula is C14H19FN2O2. The summed E-state index contributed by atoms with van der Waals surface area (Å²) in [6.07, 6.45) is 1.59. The molecule has 0 saturated carbocycles. The Morgan fingerprint density at radius 1 is 1.53 bits per heavy atom. The summed E-state index contributed by atoms with van der Waals surface area (Å²) in [5.41, 5.74) is 0.925. The van der Waals surface area contributed by atoms with Gasteiger partial charge in [-0.1, -0.05) is 6.07 Å². The van der Waals surface area contributed by atoms with E-state index < -0.39 is 0 Å². The Morgan fingerprint density at radius 2 is 2.32 bits per heavy atom. The van der Waals surface area contributed by atoms with Crippen LogP contribution >= 0.6 is 0 Å². The summed E-state index contributed by atoms with van der Waals surface area (Å²) in [4.78, 5) is 11.6. The van der Waals surface area contributed by atoms with Crippen LogP contribution in [0.2, 0.25) is 0 Å². The van der Waals surface area contributed by atoms with Gasteiger partial charge in [-0.2, -0.15) is 0 Å². The first-order chi connectivity index (χ1) is 9.15. The number of carbonyl (C=O) groups excluding carboxylic acids is 1. The second-order valence-electron chi connectivity index (χ2n) is 4.74. The number of amides is 1. The zero-order chi connectivity index (χ0) is 13.8. The minimum absolute atomic E-state index is 0.0151. The lowest BCUT2D eigenvalue weighted by atomic mass is 9.86. The Labute approximate surface area is 112 Å². The van der Waals surface area contributed by atoms with Crippen molar-refractivity contribution in [3.8, 4) is 5.75 Å². The number of benzene rings is 1. The second kappa shape index (κ2) is 6.02. The standard InChI is InChI=1S/C14H19FN2O2/c1-16-14(18)12-8-10(5-6-17-12)9-3-4-13(19-2)11(15)7-9/h3-4,7,10,12,17H,5-6,8H2,1-2H3,(H,16,18). The molecule has 1 fully saturated rings. The van der Waals surface area contributed by atoms with E-state index in [9.17, 15) is 9.18 Å². The number of piperidine rings is 1. The summed E-state index contributed by atoms with van der Waals surface area (Å²) in [7, 11) is 3.07. The van der Waals surface area contributed by atoms with Crippen LogP contribution in [-0.4, -0.2) is 32.7 Å². The maximum atomic E-state index is 13.7. The first-order valence-electron chi connectivity index (χ1n) is 6.44. The Morgan fingerprint density at radius 3 is 2.95 bits per heavy atom. The van der Waals surface area contributed by atoms with Crippen LogP contribution in [0.4, 0.5) is 4.39 Å². The fourth-order valence-electron chi connectivity index (χ4n) is 2.53. The number of halogens is 1. The van der Waals surface area contributed by atoms with Crippen LogP contribution in [-0.2, 0) is 4.79 Å². The summed E-state index contributed by atoms with van der Waals surface area (Å²) in [6, 6.07) is 4.82. The van der Waals surface area contributed by atoms with E-state index in [1.807, 2.05) is 6.07 Å². The highest BCUT2D eigenvalue weighted by molar-refractivity contribution is 5.81. The fraction of sp³-hybridized carbons (Fsp3) is 0.500. The predicted molar refractivity (Wildman–Crippen MR) is 70.8 cm³/mol. The van der Waals surface area contributed by atoms with E-state index in [0.717, 1.165) is 18.5 Å². The van der Waals surface area contributed by atoms with Gasteiger partial charge in [0.1, 0.15) is 0 Å². The highest BCUT2D eigenvalue weighted by Crippen LogP contribution is 2.30. The number of carbonyl (C=O) groups is 1. The molecular weight excluding hydrogens is 247 g/mol. The maximum absolute atomic E-state index is 13.7. The molecule has 0 spiro atoms. The Hall–Kier alpha value is -1.62. The minimum Gasteiger partial charge on any atom is -0.494 e. The molecule has 0 aliphatic carbocycles. The third-order valence-electron chi connectivity index (χ3n) is 3.61. The molecule has 1 aliphatic rings. The summed E-state index contributed by atoms with van der Waals surface area (Å²) in [5, 5.41) is 5.82. The molecule has 2 rings (SSSR count). The zero-order valence-corrected chi connectivity index (χ0v) is 11.2. The van der Waals surface area contributed by atoms with Gasteiger partial charge in [-0.05, 0) is 43.0 Å². The van der Waals surface area contributed by atoms with Crippen LogP contribution < -0.4 is 15.4 Å². The van der Waals surface area contributed by atoms with Crippen LogP contribution in [0.15, 0.2) is 18.2 Å². The first kappa shape index (κ1) is 13.8. The molecule has 2 unspecified atom stereocenters. The van der Waals surface area contributed by atoms with E-state index in [1.54, 1.807) is 13.1 Å². The van der Waals surface area contributed by atoms with E-state index in [0.29, 0.717) is 6.42 Å². The largest absolute Gasteiger partial charge is 0.494 e. The topological polar surface area (TPSA) is 50.4 Å². The van der Waals surface area contributed by atoms with Gasteiger partial charge in [-0.15, -0.1) is 0 Å². The van der Waals surface area contributed by atoms with Crippen LogP contribution in [0.25, 0.3) is 0 Å². The van der Waals surface area contributed by atoms with Gasteiger partial charge in [0.25, 0.3) is 0 Å². The van der Waals surface area contributed by atoms with Gasteiger partial charge in [-0.25, -0.2) is 4.39 Å². The summed E-state index contributed by atoms with van der Waals surface area (Å²) in [6.45, 7) is 0.760. The van der Waals surface area contributed by atoms with Crippen molar-refractivity contribution in [2.75, 3.05) is 20.7 Å². The molecule has 0 aromatic heterocycles. The number of rotatable bonds is 3. The van der Waals surface area contributed by atoms with Crippen molar-refractivity contribution in [3.63, 3.8) is 0 Å². The van der Waals surface area contributed by atoms with Gasteiger partial charge in [-0.3, -0.25) is 4.79 Å².